The molecule has 6 rings (SSSR count). The molecule has 0 saturated carbocycles. The van der Waals surface area contributed by atoms with Crippen LogP contribution in [0.25, 0.3) is 28.3 Å². The first-order valence-corrected chi connectivity index (χ1v) is 24.3. The molecule has 1 aliphatic carbocycles. The topological polar surface area (TPSA) is 0 Å². The Hall–Kier alpha value is -1.70. The molecule has 1 aliphatic heterocycles. The molecular weight excluding hydrogens is 599 g/mol. The molecule has 38 heavy (non-hydrogen) atoms. The van der Waals surface area contributed by atoms with Crippen molar-refractivity contribution in [3.05, 3.63) is 107 Å². The molecule has 0 bridgehead atoms. The molecule has 0 aromatic heterocycles. The SMILES string of the molecule is CCc1ccccc1-c1c(CC)ccc2c1C=C(C(C)C)[CH]2[Zr]([Cl])([Cl])[c]1cccc2c1[SiH2]c1ccccc1-2. The van der Waals surface area contributed by atoms with Crippen LogP contribution < -0.4 is 13.6 Å². The van der Waals surface area contributed by atoms with Gasteiger partial charge < -0.3 is 0 Å². The van der Waals surface area contributed by atoms with Gasteiger partial charge in [-0.3, -0.25) is 0 Å². The van der Waals surface area contributed by atoms with Crippen molar-refractivity contribution < 1.29 is 17.9 Å². The van der Waals surface area contributed by atoms with Crippen molar-refractivity contribution in [2.75, 3.05) is 0 Å². The van der Waals surface area contributed by atoms with Crippen molar-refractivity contribution in [3.63, 3.8) is 0 Å². The van der Waals surface area contributed by atoms with Crippen LogP contribution in [0.1, 0.15) is 53.6 Å². The number of fused-ring (bicyclic) bond motifs is 4. The molecule has 0 amide bonds. The van der Waals surface area contributed by atoms with Crippen molar-refractivity contribution in [3.8, 4) is 22.3 Å². The van der Waals surface area contributed by atoms with E-state index in [1.165, 1.54) is 63.7 Å². The molecule has 4 aromatic carbocycles. The number of allylic oxidation sites excluding steroid dienone is 1. The zero-order valence-corrected chi connectivity index (χ0v) is 28.0. The molecule has 1 heterocycles. The van der Waals surface area contributed by atoms with E-state index in [-0.39, 0.29) is 3.63 Å². The van der Waals surface area contributed by atoms with Crippen molar-refractivity contribution in [1.29, 1.82) is 0 Å². The number of hydrogen-bond donors (Lipinski definition) is 0. The second kappa shape index (κ2) is 10.4. The fourth-order valence-corrected chi connectivity index (χ4v) is 23.8. The van der Waals surface area contributed by atoms with E-state index < -0.39 is 27.4 Å². The van der Waals surface area contributed by atoms with Crippen LogP contribution in [0.4, 0.5) is 0 Å². The third-order valence-corrected chi connectivity index (χ3v) is 22.9. The molecule has 192 valence electrons. The quantitative estimate of drug-likeness (QED) is 0.171. The third-order valence-electron chi connectivity index (χ3n) is 8.61. The molecular formula is C34H34Cl2SiZr. The van der Waals surface area contributed by atoms with Crippen molar-refractivity contribution >= 4 is 46.3 Å². The molecule has 0 spiro atoms. The van der Waals surface area contributed by atoms with Crippen molar-refractivity contribution in [2.24, 2.45) is 5.92 Å². The summed E-state index contributed by atoms with van der Waals surface area (Å²) >= 11 is -3.97. The Morgan fingerprint density at radius 3 is 2.18 bits per heavy atom. The first-order valence-electron chi connectivity index (χ1n) is 13.9. The third kappa shape index (κ3) is 4.19. The number of hydrogen-bond acceptors (Lipinski definition) is 0. The standard InChI is InChI=1S/C22H25.C12H9Si.2ClH.Zr/c1-5-16-9-7-8-10-20(16)22-17(6-2)11-12-18-13-19(15(3)4)14-21(18)22;1-3-7-11-9(5-1)10-6-2-4-8-12(10)13-11;;;/h7-15H,5-6H2,1-4H3;1-7H,13H2;2*1H;/q;;;;+2/p-2. The van der Waals surface area contributed by atoms with Crippen LogP contribution in [0, 0.1) is 5.92 Å². The van der Waals surface area contributed by atoms with Gasteiger partial charge in [0.1, 0.15) is 0 Å². The Labute approximate surface area is 241 Å². The minimum absolute atomic E-state index is 0.116. The Bertz CT molecular complexity index is 1580. The zero-order chi connectivity index (χ0) is 26.6. The van der Waals surface area contributed by atoms with E-state index >= 15 is 0 Å². The molecule has 0 saturated heterocycles. The average Bonchev–Trinajstić information content (AvgIpc) is 3.52. The van der Waals surface area contributed by atoms with E-state index in [1.807, 2.05) is 0 Å². The van der Waals surface area contributed by atoms with E-state index in [1.54, 1.807) is 0 Å². The fraction of sp³-hybridized carbons (Fsp3) is 0.235. The molecule has 1 unspecified atom stereocenters. The van der Waals surface area contributed by atoms with Gasteiger partial charge in [0.2, 0.25) is 0 Å². The van der Waals surface area contributed by atoms with Gasteiger partial charge in [-0.1, -0.05) is 0 Å². The van der Waals surface area contributed by atoms with Crippen LogP contribution in [0.15, 0.2) is 84.4 Å². The molecule has 0 nitrogen and oxygen atoms in total. The van der Waals surface area contributed by atoms with Gasteiger partial charge in [-0.25, -0.2) is 0 Å². The predicted octanol–water partition coefficient (Wildman–Crippen LogP) is 7.46. The Morgan fingerprint density at radius 1 is 0.763 bits per heavy atom. The van der Waals surface area contributed by atoms with Gasteiger partial charge in [-0.15, -0.1) is 0 Å². The van der Waals surface area contributed by atoms with E-state index in [2.05, 4.69) is 113 Å². The summed E-state index contributed by atoms with van der Waals surface area (Å²) in [6.07, 6.45) is 4.49. The van der Waals surface area contributed by atoms with Gasteiger partial charge in [0, 0.05) is 0 Å². The molecule has 0 N–H and O–H groups in total. The molecule has 4 heteroatoms. The molecule has 0 radical (unpaired) electrons. The van der Waals surface area contributed by atoms with Gasteiger partial charge in [0.05, 0.1) is 0 Å². The van der Waals surface area contributed by atoms with Crippen LogP contribution >= 0.6 is 17.0 Å². The normalized spacial score (nSPS) is 16.5. The summed E-state index contributed by atoms with van der Waals surface area (Å²) < 4.78 is 1.42. The number of rotatable bonds is 6. The molecule has 4 aromatic rings. The van der Waals surface area contributed by atoms with Crippen LogP contribution in [0.2, 0.25) is 0 Å². The average molecular weight is 633 g/mol. The molecule has 2 aliphatic rings. The van der Waals surface area contributed by atoms with Gasteiger partial charge in [0.15, 0.2) is 0 Å². The maximum atomic E-state index is 7.85. The maximum absolute atomic E-state index is 7.85. The summed E-state index contributed by atoms with van der Waals surface area (Å²) in [6, 6.07) is 29.3. The second-order valence-corrected chi connectivity index (χ2v) is 26.8. The summed E-state index contributed by atoms with van der Waals surface area (Å²) in [7, 11) is 15.1. The summed E-state index contributed by atoms with van der Waals surface area (Å²) in [5.74, 6) is 0.381. The summed E-state index contributed by atoms with van der Waals surface area (Å²) in [5, 5.41) is 3.01. The van der Waals surface area contributed by atoms with Crippen molar-refractivity contribution in [1.82, 2.24) is 0 Å². The number of halogens is 2. The fourth-order valence-electron chi connectivity index (χ4n) is 6.73. The van der Waals surface area contributed by atoms with Crippen LogP contribution in [-0.4, -0.2) is 9.52 Å². The zero-order valence-electron chi connectivity index (χ0n) is 22.6. The van der Waals surface area contributed by atoms with Crippen LogP contribution in [-0.2, 0) is 30.7 Å². The van der Waals surface area contributed by atoms with Crippen LogP contribution in [0.5, 0.6) is 0 Å². The monoisotopic (exact) mass is 630 g/mol. The number of benzene rings is 4. The summed E-state index contributed by atoms with van der Waals surface area (Å²) in [4.78, 5) is 0. The van der Waals surface area contributed by atoms with E-state index in [4.69, 9.17) is 17.0 Å². The first-order chi connectivity index (χ1) is 18.4. The minimum atomic E-state index is -3.97. The van der Waals surface area contributed by atoms with E-state index in [9.17, 15) is 0 Å². The first kappa shape index (κ1) is 26.5. The summed E-state index contributed by atoms with van der Waals surface area (Å²) in [6.45, 7) is 9.13. The van der Waals surface area contributed by atoms with Crippen LogP contribution in [0.3, 0.4) is 0 Å². The van der Waals surface area contributed by atoms with Gasteiger partial charge in [-0.05, 0) is 0 Å². The van der Waals surface area contributed by atoms with E-state index in [0.717, 1.165) is 12.8 Å². The van der Waals surface area contributed by atoms with Gasteiger partial charge in [0.25, 0.3) is 0 Å². The number of aryl methyl sites for hydroxylation is 2. The molecule has 1 atom stereocenters. The Kier molecular flexibility index (Phi) is 7.23. The Balaban J connectivity index is 1.56. The molecule has 0 fully saturated rings. The van der Waals surface area contributed by atoms with Crippen molar-refractivity contribution in [2.45, 2.75) is 44.2 Å². The summed E-state index contributed by atoms with van der Waals surface area (Å²) in [5.41, 5.74) is 12.4. The van der Waals surface area contributed by atoms with E-state index in [0.29, 0.717) is 5.92 Å². The van der Waals surface area contributed by atoms with Gasteiger partial charge in [-0.2, -0.15) is 0 Å². The van der Waals surface area contributed by atoms with Gasteiger partial charge >= 0.3 is 243 Å². The Morgan fingerprint density at radius 2 is 1.45 bits per heavy atom. The predicted molar refractivity (Wildman–Crippen MR) is 167 cm³/mol. The second-order valence-electron chi connectivity index (χ2n) is 11.0.